The minimum absolute atomic E-state index is 0.224. The molecule has 2 aromatic carbocycles. The Bertz CT molecular complexity index is 759. The summed E-state index contributed by atoms with van der Waals surface area (Å²) in [5.41, 5.74) is 4.81. The molecule has 0 radical (unpaired) electrons. The van der Waals surface area contributed by atoms with Crippen LogP contribution >= 0.6 is 0 Å². The number of rotatable bonds is 8. The molecule has 3 rings (SSSR count). The van der Waals surface area contributed by atoms with Gasteiger partial charge in [0.15, 0.2) is 0 Å². The molecule has 0 spiro atoms. The summed E-state index contributed by atoms with van der Waals surface area (Å²) in [6, 6.07) is 23.3. The van der Waals surface area contributed by atoms with Crippen molar-refractivity contribution in [3.05, 3.63) is 90.3 Å². The van der Waals surface area contributed by atoms with E-state index in [1.165, 1.54) is 16.7 Å². The zero-order valence-corrected chi connectivity index (χ0v) is 14.3. The van der Waals surface area contributed by atoms with Gasteiger partial charge in [0.1, 0.15) is 0 Å². The van der Waals surface area contributed by atoms with Crippen LogP contribution in [-0.2, 0) is 6.54 Å². The van der Waals surface area contributed by atoms with Crippen molar-refractivity contribution in [1.29, 1.82) is 0 Å². The molecule has 3 heteroatoms. The number of aliphatic hydroxyl groups excluding tert-OH is 1. The second-order valence-corrected chi connectivity index (χ2v) is 6.15. The molecule has 1 heterocycles. The largest absolute Gasteiger partial charge is 0.396 e. The first-order valence-electron chi connectivity index (χ1n) is 8.75. The SMILES string of the molecule is OCCCC(NCc1cccc(-c2cccnc2)c1)c1ccccc1. The van der Waals surface area contributed by atoms with Gasteiger partial charge in [0, 0.05) is 31.6 Å². The highest BCUT2D eigenvalue weighted by atomic mass is 16.2. The smallest absolute Gasteiger partial charge is 0.0431 e. The molecule has 0 aliphatic rings. The Morgan fingerprint density at radius 2 is 1.76 bits per heavy atom. The van der Waals surface area contributed by atoms with E-state index in [-0.39, 0.29) is 12.6 Å². The number of hydrogen-bond acceptors (Lipinski definition) is 3. The maximum absolute atomic E-state index is 9.18. The lowest BCUT2D eigenvalue weighted by atomic mass is 10.0. The molecule has 1 aromatic heterocycles. The molecule has 0 fully saturated rings. The van der Waals surface area contributed by atoms with Crippen molar-refractivity contribution in [1.82, 2.24) is 10.3 Å². The first kappa shape index (κ1) is 17.3. The zero-order chi connectivity index (χ0) is 17.3. The molecule has 2 N–H and O–H groups in total. The highest BCUT2D eigenvalue weighted by Crippen LogP contribution is 2.21. The number of nitrogens with zero attached hydrogens (tertiary/aromatic N) is 1. The van der Waals surface area contributed by atoms with E-state index in [0.717, 1.165) is 24.9 Å². The topological polar surface area (TPSA) is 45.1 Å². The molecule has 0 saturated carbocycles. The molecule has 0 amide bonds. The lowest BCUT2D eigenvalue weighted by molar-refractivity contribution is 0.275. The fourth-order valence-corrected chi connectivity index (χ4v) is 3.00. The van der Waals surface area contributed by atoms with Crippen LogP contribution in [0.4, 0.5) is 0 Å². The molecule has 3 nitrogen and oxygen atoms in total. The molecular weight excluding hydrogens is 308 g/mol. The first-order valence-corrected chi connectivity index (χ1v) is 8.75. The first-order chi connectivity index (χ1) is 12.4. The highest BCUT2D eigenvalue weighted by molar-refractivity contribution is 5.62. The van der Waals surface area contributed by atoms with Crippen LogP contribution in [0.15, 0.2) is 79.1 Å². The summed E-state index contributed by atoms with van der Waals surface area (Å²) in [6.07, 6.45) is 5.40. The minimum atomic E-state index is 0.224. The van der Waals surface area contributed by atoms with Gasteiger partial charge in [-0.15, -0.1) is 0 Å². The van der Waals surface area contributed by atoms with Crippen molar-refractivity contribution in [2.75, 3.05) is 6.61 Å². The molecule has 128 valence electrons. The number of hydrogen-bond donors (Lipinski definition) is 2. The monoisotopic (exact) mass is 332 g/mol. The van der Waals surface area contributed by atoms with Crippen molar-refractivity contribution in [3.8, 4) is 11.1 Å². The maximum Gasteiger partial charge on any atom is 0.0431 e. The number of aliphatic hydroxyl groups is 1. The molecule has 25 heavy (non-hydrogen) atoms. The molecule has 1 unspecified atom stereocenters. The van der Waals surface area contributed by atoms with Gasteiger partial charge in [0.25, 0.3) is 0 Å². The minimum Gasteiger partial charge on any atom is -0.396 e. The Hall–Kier alpha value is -2.49. The normalized spacial score (nSPS) is 12.0. The van der Waals surface area contributed by atoms with Gasteiger partial charge in [-0.3, -0.25) is 4.98 Å². The predicted molar refractivity (Wildman–Crippen MR) is 102 cm³/mol. The number of benzene rings is 2. The Kier molecular flexibility index (Phi) is 6.32. The van der Waals surface area contributed by atoms with E-state index >= 15 is 0 Å². The van der Waals surface area contributed by atoms with Gasteiger partial charge in [0.2, 0.25) is 0 Å². The Morgan fingerprint density at radius 3 is 2.52 bits per heavy atom. The summed E-state index contributed by atoms with van der Waals surface area (Å²) in [5, 5.41) is 12.8. The Labute approximate surface area is 149 Å². The third-order valence-electron chi connectivity index (χ3n) is 4.33. The van der Waals surface area contributed by atoms with Crippen LogP contribution in [0.2, 0.25) is 0 Å². The van der Waals surface area contributed by atoms with E-state index in [4.69, 9.17) is 0 Å². The van der Waals surface area contributed by atoms with E-state index in [2.05, 4.69) is 64.9 Å². The summed E-state index contributed by atoms with van der Waals surface area (Å²) in [4.78, 5) is 4.20. The van der Waals surface area contributed by atoms with E-state index < -0.39 is 0 Å². The molecule has 0 bridgehead atoms. The van der Waals surface area contributed by atoms with Crippen LogP contribution in [0, 0.1) is 0 Å². The van der Waals surface area contributed by atoms with Crippen LogP contribution in [0.1, 0.15) is 30.0 Å². The van der Waals surface area contributed by atoms with Gasteiger partial charge in [0.05, 0.1) is 0 Å². The van der Waals surface area contributed by atoms with Crippen LogP contribution < -0.4 is 5.32 Å². The van der Waals surface area contributed by atoms with Crippen molar-refractivity contribution in [2.45, 2.75) is 25.4 Å². The predicted octanol–water partition coefficient (Wildman–Crippen LogP) is 4.35. The average molecular weight is 332 g/mol. The zero-order valence-electron chi connectivity index (χ0n) is 14.3. The van der Waals surface area contributed by atoms with Crippen LogP contribution in [-0.4, -0.2) is 16.7 Å². The summed E-state index contributed by atoms with van der Waals surface area (Å²) in [5.74, 6) is 0. The van der Waals surface area contributed by atoms with Crippen molar-refractivity contribution in [2.24, 2.45) is 0 Å². The van der Waals surface area contributed by atoms with E-state index in [0.29, 0.717) is 0 Å². The van der Waals surface area contributed by atoms with Crippen molar-refractivity contribution < 1.29 is 5.11 Å². The molecule has 1 atom stereocenters. The third-order valence-corrected chi connectivity index (χ3v) is 4.33. The molecule has 0 aliphatic heterocycles. The summed E-state index contributed by atoms with van der Waals surface area (Å²) in [6.45, 7) is 1.01. The van der Waals surface area contributed by atoms with Gasteiger partial charge in [-0.2, -0.15) is 0 Å². The lowest BCUT2D eigenvalue weighted by Crippen LogP contribution is -2.21. The fourth-order valence-electron chi connectivity index (χ4n) is 3.00. The number of nitrogens with one attached hydrogen (secondary N) is 1. The van der Waals surface area contributed by atoms with Gasteiger partial charge < -0.3 is 10.4 Å². The van der Waals surface area contributed by atoms with Gasteiger partial charge in [-0.1, -0.05) is 54.6 Å². The third kappa shape index (κ3) is 4.99. The summed E-state index contributed by atoms with van der Waals surface area (Å²) < 4.78 is 0. The van der Waals surface area contributed by atoms with E-state index in [1.54, 1.807) is 6.20 Å². The molecule has 3 aromatic rings. The molecule has 0 aliphatic carbocycles. The van der Waals surface area contributed by atoms with Gasteiger partial charge in [-0.05, 0) is 47.2 Å². The summed E-state index contributed by atoms with van der Waals surface area (Å²) in [7, 11) is 0. The molecular formula is C22H24N2O. The number of pyridine rings is 1. The maximum atomic E-state index is 9.18. The second-order valence-electron chi connectivity index (χ2n) is 6.15. The Morgan fingerprint density at radius 1 is 0.920 bits per heavy atom. The van der Waals surface area contributed by atoms with Gasteiger partial charge in [-0.25, -0.2) is 0 Å². The van der Waals surface area contributed by atoms with Crippen LogP contribution in [0.5, 0.6) is 0 Å². The van der Waals surface area contributed by atoms with Crippen molar-refractivity contribution >= 4 is 0 Å². The van der Waals surface area contributed by atoms with Gasteiger partial charge >= 0.3 is 0 Å². The average Bonchev–Trinajstić information content (AvgIpc) is 2.70. The highest BCUT2D eigenvalue weighted by Gasteiger charge is 2.10. The standard InChI is InChI=1S/C22H24N2O/c25-14-6-12-22(19-8-2-1-3-9-19)24-16-18-7-4-10-20(15-18)21-11-5-13-23-17-21/h1-5,7-11,13,15,17,22,24-25H,6,12,14,16H2. The van der Waals surface area contributed by atoms with Crippen molar-refractivity contribution in [3.63, 3.8) is 0 Å². The van der Waals surface area contributed by atoms with Crippen LogP contribution in [0.25, 0.3) is 11.1 Å². The van der Waals surface area contributed by atoms with E-state index in [9.17, 15) is 5.11 Å². The van der Waals surface area contributed by atoms with E-state index in [1.807, 2.05) is 18.3 Å². The number of aromatic nitrogens is 1. The Balaban J connectivity index is 1.70. The molecule has 0 saturated heterocycles. The summed E-state index contributed by atoms with van der Waals surface area (Å²) >= 11 is 0. The lowest BCUT2D eigenvalue weighted by Gasteiger charge is -2.19. The fraction of sp³-hybridized carbons (Fsp3) is 0.227. The second kappa shape index (κ2) is 9.11. The van der Waals surface area contributed by atoms with Crippen LogP contribution in [0.3, 0.4) is 0 Å². The quantitative estimate of drug-likeness (QED) is 0.644.